The Hall–Kier alpha value is -2.87. The Bertz CT molecular complexity index is 794. The van der Waals surface area contributed by atoms with Gasteiger partial charge < -0.3 is 23.9 Å². The molecule has 0 saturated carbocycles. The summed E-state index contributed by atoms with van der Waals surface area (Å²) in [7, 11) is 0. The summed E-state index contributed by atoms with van der Waals surface area (Å²) >= 11 is 0. The number of morpholine rings is 1. The number of furan rings is 1. The molecule has 0 N–H and O–H groups in total. The molecular formula is C19H22N4O4. The second kappa shape index (κ2) is 7.79. The van der Waals surface area contributed by atoms with Crippen LogP contribution >= 0.6 is 0 Å². The molecule has 2 fully saturated rings. The number of rotatable bonds is 3. The molecule has 0 aromatic carbocycles. The maximum absolute atomic E-state index is 12.9. The van der Waals surface area contributed by atoms with Crippen LogP contribution in [0.15, 0.2) is 41.1 Å². The maximum atomic E-state index is 12.9. The third-order valence-electron chi connectivity index (χ3n) is 4.91. The normalized spacial score (nSPS) is 17.9. The van der Waals surface area contributed by atoms with Gasteiger partial charge in [0.2, 0.25) is 0 Å². The zero-order valence-corrected chi connectivity index (χ0v) is 15.0. The first-order valence-electron chi connectivity index (χ1n) is 9.13. The van der Waals surface area contributed by atoms with E-state index in [1.165, 1.54) is 6.26 Å². The van der Waals surface area contributed by atoms with Crippen LogP contribution in [0, 0.1) is 0 Å². The van der Waals surface area contributed by atoms with Crippen LogP contribution in [-0.2, 0) is 4.74 Å². The van der Waals surface area contributed by atoms with E-state index in [1.807, 2.05) is 6.07 Å². The maximum Gasteiger partial charge on any atom is 0.289 e. The van der Waals surface area contributed by atoms with Gasteiger partial charge in [0.05, 0.1) is 19.5 Å². The summed E-state index contributed by atoms with van der Waals surface area (Å²) < 4.78 is 10.5. The van der Waals surface area contributed by atoms with Crippen LogP contribution < -0.4 is 4.90 Å². The summed E-state index contributed by atoms with van der Waals surface area (Å²) in [6.07, 6.45) is 3.16. The highest BCUT2D eigenvalue weighted by Crippen LogP contribution is 2.17. The van der Waals surface area contributed by atoms with Crippen LogP contribution in [0.3, 0.4) is 0 Å². The molecule has 8 nitrogen and oxygen atoms in total. The molecule has 2 saturated heterocycles. The average molecular weight is 370 g/mol. The highest BCUT2D eigenvalue weighted by atomic mass is 16.5. The van der Waals surface area contributed by atoms with Crippen LogP contribution in [0.4, 0.5) is 5.82 Å². The van der Waals surface area contributed by atoms with Crippen molar-refractivity contribution in [1.29, 1.82) is 0 Å². The van der Waals surface area contributed by atoms with E-state index in [4.69, 9.17) is 9.15 Å². The van der Waals surface area contributed by atoms with Crippen molar-refractivity contribution in [3.63, 3.8) is 0 Å². The summed E-state index contributed by atoms with van der Waals surface area (Å²) in [6, 6.07) is 6.94. The van der Waals surface area contributed by atoms with Gasteiger partial charge in [-0.05, 0) is 24.3 Å². The van der Waals surface area contributed by atoms with Crippen molar-refractivity contribution in [3.05, 3.63) is 48.0 Å². The number of hydrogen-bond acceptors (Lipinski definition) is 6. The molecule has 0 radical (unpaired) electrons. The van der Waals surface area contributed by atoms with Gasteiger partial charge in [0.1, 0.15) is 5.82 Å². The molecule has 142 valence electrons. The summed E-state index contributed by atoms with van der Waals surface area (Å²) in [5.41, 5.74) is 0.623. The first kappa shape index (κ1) is 17.5. The number of ether oxygens (including phenoxy) is 1. The number of carbonyl (C=O) groups is 2. The van der Waals surface area contributed by atoms with E-state index < -0.39 is 0 Å². The van der Waals surface area contributed by atoms with Gasteiger partial charge in [-0.1, -0.05) is 0 Å². The molecule has 27 heavy (non-hydrogen) atoms. The van der Waals surface area contributed by atoms with Crippen LogP contribution in [0.1, 0.15) is 20.9 Å². The topological polar surface area (TPSA) is 79.1 Å². The number of piperazine rings is 1. The zero-order valence-electron chi connectivity index (χ0n) is 15.0. The Morgan fingerprint density at radius 3 is 2.30 bits per heavy atom. The summed E-state index contributed by atoms with van der Waals surface area (Å²) in [6.45, 7) is 4.88. The summed E-state index contributed by atoms with van der Waals surface area (Å²) in [5.74, 6) is 0.970. The number of amides is 2. The Labute approximate surface area is 157 Å². The van der Waals surface area contributed by atoms with Gasteiger partial charge in [0.25, 0.3) is 11.8 Å². The lowest BCUT2D eigenvalue weighted by molar-refractivity contribution is 0.0518. The van der Waals surface area contributed by atoms with Gasteiger partial charge in [-0.3, -0.25) is 9.59 Å². The molecule has 8 heteroatoms. The van der Waals surface area contributed by atoms with E-state index in [2.05, 4.69) is 9.88 Å². The van der Waals surface area contributed by atoms with Gasteiger partial charge in [-0.2, -0.15) is 0 Å². The van der Waals surface area contributed by atoms with Crippen molar-refractivity contribution in [1.82, 2.24) is 14.8 Å². The molecular weight excluding hydrogens is 348 g/mol. The van der Waals surface area contributed by atoms with Crippen LogP contribution in [0.5, 0.6) is 0 Å². The lowest BCUT2D eigenvalue weighted by Crippen LogP contribution is -2.50. The lowest BCUT2D eigenvalue weighted by Gasteiger charge is -2.34. The van der Waals surface area contributed by atoms with Crippen molar-refractivity contribution in [2.75, 3.05) is 57.4 Å². The molecule has 4 rings (SSSR count). The Morgan fingerprint density at radius 2 is 1.63 bits per heavy atom. The average Bonchev–Trinajstić information content (AvgIpc) is 3.28. The van der Waals surface area contributed by atoms with Gasteiger partial charge in [0.15, 0.2) is 5.76 Å². The van der Waals surface area contributed by atoms with Crippen molar-refractivity contribution >= 4 is 17.6 Å². The number of pyridine rings is 1. The van der Waals surface area contributed by atoms with Crippen molar-refractivity contribution in [2.24, 2.45) is 0 Å². The Kier molecular flexibility index (Phi) is 5.06. The third-order valence-corrected chi connectivity index (χ3v) is 4.91. The van der Waals surface area contributed by atoms with Crippen molar-refractivity contribution in [3.8, 4) is 0 Å². The Balaban J connectivity index is 1.38. The number of aromatic nitrogens is 1. The van der Waals surface area contributed by atoms with E-state index in [-0.39, 0.29) is 11.8 Å². The van der Waals surface area contributed by atoms with E-state index in [9.17, 15) is 9.59 Å². The van der Waals surface area contributed by atoms with Crippen molar-refractivity contribution < 1.29 is 18.7 Å². The fourth-order valence-corrected chi connectivity index (χ4v) is 3.37. The highest BCUT2D eigenvalue weighted by Gasteiger charge is 2.27. The van der Waals surface area contributed by atoms with Crippen molar-refractivity contribution in [2.45, 2.75) is 0 Å². The Morgan fingerprint density at radius 1 is 0.926 bits per heavy atom. The molecule has 2 aromatic heterocycles. The summed E-state index contributed by atoms with van der Waals surface area (Å²) in [5, 5.41) is 0. The first-order chi connectivity index (χ1) is 13.2. The second-order valence-electron chi connectivity index (χ2n) is 6.56. The van der Waals surface area contributed by atoms with E-state index in [0.29, 0.717) is 50.7 Å². The molecule has 2 aliphatic heterocycles. The van der Waals surface area contributed by atoms with E-state index >= 15 is 0 Å². The van der Waals surface area contributed by atoms with Gasteiger partial charge >= 0.3 is 0 Å². The number of anilines is 1. The molecule has 4 heterocycles. The van der Waals surface area contributed by atoms with Gasteiger partial charge in [-0.15, -0.1) is 0 Å². The molecule has 0 atom stereocenters. The minimum Gasteiger partial charge on any atom is -0.459 e. The number of carbonyl (C=O) groups excluding carboxylic acids is 2. The van der Waals surface area contributed by atoms with Crippen LogP contribution in [0.2, 0.25) is 0 Å². The predicted molar refractivity (Wildman–Crippen MR) is 97.8 cm³/mol. The number of hydrogen-bond donors (Lipinski definition) is 0. The second-order valence-corrected chi connectivity index (χ2v) is 6.56. The fraction of sp³-hybridized carbons (Fsp3) is 0.421. The number of nitrogens with zero attached hydrogens (tertiary/aromatic N) is 4. The largest absolute Gasteiger partial charge is 0.459 e. The minimum absolute atomic E-state index is 0.0305. The summed E-state index contributed by atoms with van der Waals surface area (Å²) in [4.78, 5) is 35.2. The smallest absolute Gasteiger partial charge is 0.289 e. The van der Waals surface area contributed by atoms with E-state index in [1.54, 1.807) is 34.2 Å². The molecule has 0 bridgehead atoms. The van der Waals surface area contributed by atoms with Gasteiger partial charge in [0, 0.05) is 51.0 Å². The molecule has 0 aliphatic carbocycles. The molecule has 0 unspecified atom stereocenters. The fourth-order valence-electron chi connectivity index (χ4n) is 3.37. The quantitative estimate of drug-likeness (QED) is 0.805. The monoisotopic (exact) mass is 370 g/mol. The molecule has 0 spiro atoms. The minimum atomic E-state index is -0.134. The standard InChI is InChI=1S/C19H22N4O4/c24-18(15-3-4-20-17(14-15)21-9-12-26-13-10-21)22-5-7-23(8-6-22)19(25)16-2-1-11-27-16/h1-4,11,14H,5-10,12-13H2. The molecule has 2 aliphatic rings. The van der Waals surface area contributed by atoms with Crippen LogP contribution in [0.25, 0.3) is 0 Å². The molecule has 2 amide bonds. The third kappa shape index (κ3) is 3.80. The highest BCUT2D eigenvalue weighted by molar-refractivity contribution is 5.95. The predicted octanol–water partition coefficient (Wildman–Crippen LogP) is 1.11. The zero-order chi connectivity index (χ0) is 18.6. The SMILES string of the molecule is O=C(c1ccnc(N2CCOCC2)c1)N1CCN(C(=O)c2ccco2)CC1. The first-order valence-corrected chi connectivity index (χ1v) is 9.13. The van der Waals surface area contributed by atoms with E-state index in [0.717, 1.165) is 18.9 Å². The molecule has 2 aromatic rings. The lowest BCUT2D eigenvalue weighted by atomic mass is 10.2. The van der Waals surface area contributed by atoms with Crippen LogP contribution in [-0.4, -0.2) is 79.1 Å². The van der Waals surface area contributed by atoms with Gasteiger partial charge in [-0.25, -0.2) is 4.98 Å².